The predicted molar refractivity (Wildman–Crippen MR) is 130 cm³/mol. The van der Waals surface area contributed by atoms with Gasteiger partial charge in [0.05, 0.1) is 19.4 Å². The molecule has 1 fully saturated rings. The molecule has 2 amide bonds. The Labute approximate surface area is 198 Å². The minimum Gasteiger partial charge on any atom is -0.484 e. The third-order valence-electron chi connectivity index (χ3n) is 5.62. The van der Waals surface area contributed by atoms with E-state index in [-0.39, 0.29) is 18.4 Å². The second-order valence-electron chi connectivity index (χ2n) is 8.05. The van der Waals surface area contributed by atoms with E-state index in [1.807, 2.05) is 56.3 Å². The standard InChI is InChI=1S/C26H28N4O4/c1-19-6-7-20(2)30(19)23-5-3-4-22(16-23)26(32)28-27-17-21-8-10-24(11-9-21)34-18-25(31)29-12-14-33-15-13-29/h3-11,16-17H,12-15,18H2,1-2H3,(H,28,32)/b27-17-. The Hall–Kier alpha value is -3.91. The summed E-state index contributed by atoms with van der Waals surface area (Å²) in [6.07, 6.45) is 1.56. The third kappa shape index (κ3) is 5.71. The normalized spacial score (nSPS) is 13.8. The van der Waals surface area contributed by atoms with E-state index >= 15 is 0 Å². The number of carbonyl (C=O) groups excluding carboxylic acids is 2. The Bertz CT molecular complexity index is 1160. The first kappa shape index (κ1) is 23.3. The molecule has 1 saturated heterocycles. The quantitative estimate of drug-likeness (QED) is 0.434. The molecule has 4 rings (SSSR count). The fraction of sp³-hybridized carbons (Fsp3) is 0.269. The van der Waals surface area contributed by atoms with Crippen molar-refractivity contribution in [2.45, 2.75) is 13.8 Å². The number of ether oxygens (including phenoxy) is 2. The van der Waals surface area contributed by atoms with Crippen LogP contribution in [0.1, 0.15) is 27.3 Å². The average molecular weight is 461 g/mol. The predicted octanol–water partition coefficient (Wildman–Crippen LogP) is 3.10. The van der Waals surface area contributed by atoms with Crippen LogP contribution in [0.25, 0.3) is 5.69 Å². The summed E-state index contributed by atoms with van der Waals surface area (Å²) in [5, 5.41) is 4.07. The molecule has 0 spiro atoms. The number of amides is 2. The van der Waals surface area contributed by atoms with Crippen LogP contribution in [0.3, 0.4) is 0 Å². The van der Waals surface area contributed by atoms with Gasteiger partial charge in [-0.2, -0.15) is 5.10 Å². The van der Waals surface area contributed by atoms with Gasteiger partial charge in [0.2, 0.25) is 0 Å². The fourth-order valence-corrected chi connectivity index (χ4v) is 3.79. The molecule has 0 saturated carbocycles. The smallest absolute Gasteiger partial charge is 0.271 e. The lowest BCUT2D eigenvalue weighted by molar-refractivity contribution is -0.137. The molecule has 176 valence electrons. The van der Waals surface area contributed by atoms with Gasteiger partial charge in [0.15, 0.2) is 6.61 Å². The van der Waals surface area contributed by atoms with Crippen molar-refractivity contribution in [2.24, 2.45) is 5.10 Å². The zero-order valence-electron chi connectivity index (χ0n) is 19.4. The first-order chi connectivity index (χ1) is 16.5. The van der Waals surface area contributed by atoms with Gasteiger partial charge in [-0.25, -0.2) is 5.43 Å². The summed E-state index contributed by atoms with van der Waals surface area (Å²) in [7, 11) is 0. The minimum atomic E-state index is -0.290. The van der Waals surface area contributed by atoms with Crippen molar-refractivity contribution in [3.63, 3.8) is 0 Å². The van der Waals surface area contributed by atoms with Crippen LogP contribution in [0.4, 0.5) is 0 Å². The molecule has 1 N–H and O–H groups in total. The summed E-state index contributed by atoms with van der Waals surface area (Å²) in [4.78, 5) is 26.5. The highest BCUT2D eigenvalue weighted by molar-refractivity contribution is 5.95. The molecular weight excluding hydrogens is 432 g/mol. The SMILES string of the molecule is Cc1ccc(C)n1-c1cccc(C(=O)N/N=C\c2ccc(OCC(=O)N3CCOCC3)cc2)c1. The zero-order valence-corrected chi connectivity index (χ0v) is 19.4. The Morgan fingerprint density at radius 1 is 1.03 bits per heavy atom. The van der Waals surface area contributed by atoms with Crippen LogP contribution in [0, 0.1) is 13.8 Å². The van der Waals surface area contributed by atoms with E-state index in [2.05, 4.69) is 15.1 Å². The zero-order chi connectivity index (χ0) is 23.9. The maximum absolute atomic E-state index is 12.6. The number of rotatable bonds is 7. The van der Waals surface area contributed by atoms with Crippen LogP contribution < -0.4 is 10.2 Å². The van der Waals surface area contributed by atoms with Gasteiger partial charge in [0, 0.05) is 35.7 Å². The molecule has 0 aliphatic carbocycles. The second kappa shape index (κ2) is 10.8. The number of hydrazone groups is 1. The molecule has 1 aliphatic rings. The van der Waals surface area contributed by atoms with Gasteiger partial charge >= 0.3 is 0 Å². The van der Waals surface area contributed by atoms with Crippen LogP contribution in [-0.2, 0) is 9.53 Å². The summed E-state index contributed by atoms with van der Waals surface area (Å²) in [6, 6.07) is 18.7. The minimum absolute atomic E-state index is 0.00931. The Kier molecular flexibility index (Phi) is 7.39. The molecule has 2 heterocycles. The van der Waals surface area contributed by atoms with E-state index in [0.717, 1.165) is 22.6 Å². The fourth-order valence-electron chi connectivity index (χ4n) is 3.79. The Morgan fingerprint density at radius 3 is 2.44 bits per heavy atom. The number of aryl methyl sites for hydroxylation is 2. The van der Waals surface area contributed by atoms with Crippen molar-refractivity contribution in [3.05, 3.63) is 83.2 Å². The lowest BCUT2D eigenvalue weighted by Gasteiger charge is -2.26. The van der Waals surface area contributed by atoms with Crippen LogP contribution in [-0.4, -0.2) is 60.4 Å². The van der Waals surface area contributed by atoms with Crippen molar-refractivity contribution >= 4 is 18.0 Å². The van der Waals surface area contributed by atoms with Gasteiger partial charge < -0.3 is 18.9 Å². The topological polar surface area (TPSA) is 85.2 Å². The monoisotopic (exact) mass is 460 g/mol. The maximum atomic E-state index is 12.6. The molecule has 0 unspecified atom stereocenters. The van der Waals surface area contributed by atoms with Crippen molar-refractivity contribution < 1.29 is 19.1 Å². The molecule has 2 aromatic carbocycles. The van der Waals surface area contributed by atoms with E-state index in [1.54, 1.807) is 29.3 Å². The molecule has 0 bridgehead atoms. The van der Waals surface area contributed by atoms with E-state index in [4.69, 9.17) is 9.47 Å². The molecule has 3 aromatic rings. The van der Waals surface area contributed by atoms with Crippen LogP contribution in [0.5, 0.6) is 5.75 Å². The number of nitrogens with zero attached hydrogens (tertiary/aromatic N) is 3. The first-order valence-corrected chi connectivity index (χ1v) is 11.2. The third-order valence-corrected chi connectivity index (χ3v) is 5.62. The van der Waals surface area contributed by atoms with E-state index < -0.39 is 0 Å². The molecule has 0 atom stereocenters. The molecule has 8 heteroatoms. The van der Waals surface area contributed by atoms with E-state index in [9.17, 15) is 9.59 Å². The molecule has 34 heavy (non-hydrogen) atoms. The lowest BCUT2D eigenvalue weighted by atomic mass is 10.2. The second-order valence-corrected chi connectivity index (χ2v) is 8.05. The van der Waals surface area contributed by atoms with Crippen molar-refractivity contribution in [3.8, 4) is 11.4 Å². The number of hydrogen-bond donors (Lipinski definition) is 1. The number of carbonyl (C=O) groups is 2. The molecule has 1 aromatic heterocycles. The van der Waals surface area contributed by atoms with Gasteiger partial charge in [-0.3, -0.25) is 9.59 Å². The van der Waals surface area contributed by atoms with Crippen LogP contribution in [0.2, 0.25) is 0 Å². The molecule has 1 aliphatic heterocycles. The van der Waals surface area contributed by atoms with Gasteiger partial charge in [0.25, 0.3) is 11.8 Å². The summed E-state index contributed by atoms with van der Waals surface area (Å²) in [5.74, 6) is 0.250. The van der Waals surface area contributed by atoms with Gasteiger partial charge in [-0.15, -0.1) is 0 Å². The summed E-state index contributed by atoms with van der Waals surface area (Å²) in [5.41, 5.74) is 7.02. The van der Waals surface area contributed by atoms with E-state index in [0.29, 0.717) is 37.6 Å². The van der Waals surface area contributed by atoms with Crippen molar-refractivity contribution in [1.82, 2.24) is 14.9 Å². The molecular formula is C26H28N4O4. The van der Waals surface area contributed by atoms with Gasteiger partial charge in [0.1, 0.15) is 5.75 Å². The van der Waals surface area contributed by atoms with E-state index in [1.165, 1.54) is 0 Å². The average Bonchev–Trinajstić information content (AvgIpc) is 3.21. The van der Waals surface area contributed by atoms with Crippen molar-refractivity contribution in [1.29, 1.82) is 0 Å². The van der Waals surface area contributed by atoms with Crippen LogP contribution >= 0.6 is 0 Å². The van der Waals surface area contributed by atoms with Crippen molar-refractivity contribution in [2.75, 3.05) is 32.9 Å². The summed E-state index contributed by atoms with van der Waals surface area (Å²) < 4.78 is 12.9. The number of aromatic nitrogens is 1. The highest BCUT2D eigenvalue weighted by atomic mass is 16.5. The summed E-state index contributed by atoms with van der Waals surface area (Å²) in [6.45, 7) is 6.37. The number of benzene rings is 2. The van der Waals surface area contributed by atoms with Crippen LogP contribution in [0.15, 0.2) is 65.8 Å². The van der Waals surface area contributed by atoms with Gasteiger partial charge in [-0.1, -0.05) is 6.07 Å². The number of morpholine rings is 1. The lowest BCUT2D eigenvalue weighted by Crippen LogP contribution is -2.42. The highest BCUT2D eigenvalue weighted by Gasteiger charge is 2.17. The Morgan fingerprint density at radius 2 is 1.74 bits per heavy atom. The van der Waals surface area contributed by atoms with Gasteiger partial charge in [-0.05, 0) is 74.0 Å². The highest BCUT2D eigenvalue weighted by Crippen LogP contribution is 2.17. The molecule has 0 radical (unpaired) electrons. The number of nitrogens with one attached hydrogen (secondary N) is 1. The Balaban J connectivity index is 1.30. The first-order valence-electron chi connectivity index (χ1n) is 11.2. The largest absolute Gasteiger partial charge is 0.484 e. The summed E-state index contributed by atoms with van der Waals surface area (Å²) >= 11 is 0. The molecule has 8 nitrogen and oxygen atoms in total. The number of hydrogen-bond acceptors (Lipinski definition) is 5. The maximum Gasteiger partial charge on any atom is 0.271 e.